The molecule has 0 fully saturated rings. The molecule has 0 saturated carbocycles. The van der Waals surface area contributed by atoms with E-state index in [0.717, 1.165) is 60.8 Å². The number of hydrogen-bond donors (Lipinski definition) is 0. The minimum atomic E-state index is -0.648. The molecule has 6 heteroatoms. The largest absolute Gasteiger partial charge is 0.509 e. The second kappa shape index (κ2) is 17.3. The standard InChI is InChI=1S/C72H49N4O.Pt/c1-71(2,3)45-39-40-73-67(41-45)76-64-35-15-11-25-53(64)54-38-37-48(43-66(54)76)77-47-20-16-19-46(42-47)74-44-75-69-55(51-23-6-4-21-49(51)50-22-5-7-24-52(50)56-30-18-36-65(74)70(56)75)29-17-34-63(69)72-60-31-12-8-26-57(60)68(58-27-9-13-32-61(58)72)59-28-10-14-33-62(59)72;/h4-41,44,68H,1-3H3;/q-3;. The number of ether oxygens (including phenoxy) is 1. The first-order valence-corrected chi connectivity index (χ1v) is 26.6. The summed E-state index contributed by atoms with van der Waals surface area (Å²) in [7, 11) is 0. The zero-order chi connectivity index (χ0) is 51.1. The number of fused-ring (bicyclic) bond motifs is 10. The molecule has 0 amide bonds. The van der Waals surface area contributed by atoms with Crippen LogP contribution in [0.15, 0.2) is 231 Å². The molecule has 0 N–H and O–H groups in total. The predicted molar refractivity (Wildman–Crippen MR) is 315 cm³/mol. The van der Waals surface area contributed by atoms with E-state index in [-0.39, 0.29) is 32.4 Å². The Morgan fingerprint density at radius 3 is 1.67 bits per heavy atom. The van der Waals surface area contributed by atoms with Crippen molar-refractivity contribution in [2.45, 2.75) is 37.5 Å². The molecule has 0 unspecified atom stereocenters. The second-order valence-electron chi connectivity index (χ2n) is 21.9. The van der Waals surface area contributed by atoms with Gasteiger partial charge in [-0.1, -0.05) is 207 Å². The van der Waals surface area contributed by atoms with Crippen LogP contribution in [0, 0.1) is 18.8 Å². The van der Waals surface area contributed by atoms with Gasteiger partial charge in [-0.05, 0) is 124 Å². The summed E-state index contributed by atoms with van der Waals surface area (Å²) in [5, 5.41) is 9.28. The van der Waals surface area contributed by atoms with Crippen molar-refractivity contribution < 1.29 is 25.8 Å². The number of benzene rings is 10. The Bertz CT molecular complexity index is 4610. The van der Waals surface area contributed by atoms with Crippen LogP contribution in [-0.2, 0) is 31.9 Å². The van der Waals surface area contributed by atoms with Crippen LogP contribution >= 0.6 is 0 Å². The summed E-state index contributed by atoms with van der Waals surface area (Å²) in [6.07, 6.45) is 1.91. The van der Waals surface area contributed by atoms with Crippen molar-refractivity contribution in [3.8, 4) is 17.3 Å². The van der Waals surface area contributed by atoms with E-state index in [2.05, 4.69) is 266 Å². The zero-order valence-electron chi connectivity index (χ0n) is 43.1. The minimum absolute atomic E-state index is 0. The third-order valence-corrected chi connectivity index (χ3v) is 16.8. The molecule has 4 heterocycles. The van der Waals surface area contributed by atoms with E-state index in [9.17, 15) is 0 Å². The Kier molecular flexibility index (Phi) is 10.3. The Morgan fingerprint density at radius 1 is 0.487 bits per heavy atom. The topological polar surface area (TPSA) is 35.2 Å². The van der Waals surface area contributed by atoms with Crippen molar-refractivity contribution in [3.05, 3.63) is 294 Å². The van der Waals surface area contributed by atoms with Crippen LogP contribution in [0.5, 0.6) is 11.5 Å². The SMILES string of the molecule is CC(C)(C)c1ccnc(-n2c3[c-]c(Oc4[c-]c(N5[CH-]n6c7c5cccc7c5ccccc5c5ccccc5c5cccc(C78c9ccccc9C(c9ccccc97)c7ccccc78)c56)ccc4)ccc3c3ccccc32)c1.[Pt]. The molecular weight excluding hydrogens is 1130 g/mol. The number of aromatic nitrogens is 3. The van der Waals surface area contributed by atoms with E-state index in [1.165, 1.54) is 66.1 Å². The summed E-state index contributed by atoms with van der Waals surface area (Å²) in [6, 6.07) is 89.9. The average Bonchev–Trinajstić information content (AvgIpc) is 2.30. The second-order valence-corrected chi connectivity index (χ2v) is 21.9. The minimum Gasteiger partial charge on any atom is -0.509 e. The monoisotopic (exact) mass is 1180 g/mol. The molecule has 10 aromatic carbocycles. The molecule has 0 radical (unpaired) electrons. The van der Waals surface area contributed by atoms with Gasteiger partial charge in [0, 0.05) is 55.9 Å². The molecule has 3 aromatic heterocycles. The first kappa shape index (κ1) is 46.4. The van der Waals surface area contributed by atoms with Crippen molar-refractivity contribution in [3.63, 3.8) is 0 Å². The van der Waals surface area contributed by atoms with Gasteiger partial charge >= 0.3 is 0 Å². The van der Waals surface area contributed by atoms with Crippen LogP contribution in [0.3, 0.4) is 0 Å². The summed E-state index contributed by atoms with van der Waals surface area (Å²) in [5.41, 5.74) is 15.9. The van der Waals surface area contributed by atoms with Gasteiger partial charge in [0.1, 0.15) is 5.82 Å². The Labute approximate surface area is 467 Å². The van der Waals surface area contributed by atoms with Crippen LogP contribution in [0.25, 0.3) is 71.0 Å². The fourth-order valence-corrected chi connectivity index (χ4v) is 13.6. The number of pyridine rings is 1. The average molecular weight is 1180 g/mol. The summed E-state index contributed by atoms with van der Waals surface area (Å²) in [6.45, 7) is 9.01. The molecule has 17 rings (SSSR count). The van der Waals surface area contributed by atoms with Gasteiger partial charge in [0.05, 0.1) is 5.41 Å². The Balaban J connectivity index is 0.00000529. The maximum Gasteiger partial charge on any atom is 0.135 e. The molecule has 0 saturated heterocycles. The number of para-hydroxylation sites is 3. The Hall–Kier alpha value is -8.89. The van der Waals surface area contributed by atoms with Crippen LogP contribution in [-0.4, -0.2) is 14.1 Å². The van der Waals surface area contributed by atoms with Crippen LogP contribution in [0.1, 0.15) is 71.2 Å². The predicted octanol–water partition coefficient (Wildman–Crippen LogP) is 17.7. The first-order chi connectivity index (χ1) is 37.8. The van der Waals surface area contributed by atoms with E-state index in [1.54, 1.807) is 0 Å². The van der Waals surface area contributed by atoms with Gasteiger partial charge < -0.3 is 18.8 Å². The third-order valence-electron chi connectivity index (χ3n) is 16.8. The molecule has 78 heavy (non-hydrogen) atoms. The molecular formula is C72H49N4OPt-3. The van der Waals surface area contributed by atoms with E-state index in [1.807, 2.05) is 18.3 Å². The number of hydrogen-bond acceptors (Lipinski definition) is 3. The van der Waals surface area contributed by atoms with Crippen molar-refractivity contribution in [1.82, 2.24) is 14.1 Å². The van der Waals surface area contributed by atoms with Crippen molar-refractivity contribution in [2.24, 2.45) is 0 Å². The molecule has 13 aromatic rings. The third kappa shape index (κ3) is 6.52. The van der Waals surface area contributed by atoms with Gasteiger partial charge in [0.2, 0.25) is 0 Å². The van der Waals surface area contributed by atoms with Crippen molar-refractivity contribution in [1.29, 1.82) is 0 Å². The summed E-state index contributed by atoms with van der Waals surface area (Å²) >= 11 is 0. The van der Waals surface area contributed by atoms with Crippen LogP contribution in [0.4, 0.5) is 11.4 Å². The maximum atomic E-state index is 6.86. The normalized spacial score (nSPS) is 15.8. The molecule has 2 bridgehead atoms. The van der Waals surface area contributed by atoms with E-state index >= 15 is 0 Å². The molecule has 4 aliphatic rings. The number of rotatable bonds is 5. The smallest absolute Gasteiger partial charge is 0.135 e. The molecule has 1 aliphatic heterocycles. The van der Waals surface area contributed by atoms with Crippen molar-refractivity contribution >= 4 is 76.5 Å². The van der Waals surface area contributed by atoms with Gasteiger partial charge in [0.25, 0.3) is 0 Å². The van der Waals surface area contributed by atoms with Crippen molar-refractivity contribution in [2.75, 3.05) is 4.90 Å². The van der Waals surface area contributed by atoms with Gasteiger partial charge in [-0.3, -0.25) is 0 Å². The molecule has 3 aliphatic carbocycles. The number of anilines is 2. The first-order valence-electron chi connectivity index (χ1n) is 26.6. The van der Waals surface area contributed by atoms with E-state index in [4.69, 9.17) is 9.72 Å². The van der Waals surface area contributed by atoms with Gasteiger partial charge in [0.15, 0.2) is 0 Å². The quantitative estimate of drug-likeness (QED) is 0.161. The maximum absolute atomic E-state index is 6.86. The number of nitrogens with zero attached hydrogens (tertiary/aromatic N) is 4. The van der Waals surface area contributed by atoms with Crippen LogP contribution in [0.2, 0.25) is 0 Å². The van der Waals surface area contributed by atoms with Crippen LogP contribution < -0.4 is 9.64 Å². The summed E-state index contributed by atoms with van der Waals surface area (Å²) in [5.74, 6) is 2.17. The fraction of sp³-hybridized carbons (Fsp3) is 0.0833. The zero-order valence-corrected chi connectivity index (χ0v) is 45.4. The van der Waals surface area contributed by atoms with Gasteiger partial charge in [-0.15, -0.1) is 35.7 Å². The van der Waals surface area contributed by atoms with E-state index < -0.39 is 5.41 Å². The Morgan fingerprint density at radius 2 is 1.01 bits per heavy atom. The van der Waals surface area contributed by atoms with Gasteiger partial charge in [-0.25, -0.2) is 4.98 Å². The molecule has 376 valence electrons. The van der Waals surface area contributed by atoms with E-state index in [0.29, 0.717) is 11.5 Å². The summed E-state index contributed by atoms with van der Waals surface area (Å²) < 4.78 is 11.6. The summed E-state index contributed by atoms with van der Waals surface area (Å²) in [4.78, 5) is 7.22. The molecule has 5 nitrogen and oxygen atoms in total. The molecule has 0 spiro atoms. The fourth-order valence-electron chi connectivity index (χ4n) is 13.6. The molecule has 0 atom stereocenters. The van der Waals surface area contributed by atoms with Gasteiger partial charge in [-0.2, -0.15) is 12.1 Å².